The van der Waals surface area contributed by atoms with Gasteiger partial charge in [0.25, 0.3) is 5.91 Å². The van der Waals surface area contributed by atoms with Crippen LogP contribution in [0.5, 0.6) is 5.75 Å². The molecule has 3 heterocycles. The highest BCUT2D eigenvalue weighted by Gasteiger charge is 2.22. The fourth-order valence-electron chi connectivity index (χ4n) is 3.87. The summed E-state index contributed by atoms with van der Waals surface area (Å²) in [6.07, 6.45) is 2.83. The van der Waals surface area contributed by atoms with Gasteiger partial charge in [-0.25, -0.2) is 4.79 Å². The third-order valence-corrected chi connectivity index (χ3v) is 5.56. The number of hydrogen-bond donors (Lipinski definition) is 2. The molecule has 2 aliphatic heterocycles. The molecule has 158 valence electrons. The van der Waals surface area contributed by atoms with Gasteiger partial charge in [-0.15, -0.1) is 10.2 Å². The van der Waals surface area contributed by atoms with Crippen molar-refractivity contribution in [3.05, 3.63) is 59.7 Å². The first kappa shape index (κ1) is 19.1. The van der Waals surface area contributed by atoms with Crippen LogP contribution in [-0.2, 0) is 24.2 Å². The monoisotopic (exact) mass is 418 g/mol. The largest absolute Gasteiger partial charge is 0.482 e. The molecule has 0 unspecified atom stereocenters. The lowest BCUT2D eigenvalue weighted by molar-refractivity contribution is -0.120. The van der Waals surface area contributed by atoms with Gasteiger partial charge in [-0.2, -0.15) is 0 Å². The van der Waals surface area contributed by atoms with E-state index in [9.17, 15) is 9.59 Å². The molecular weight excluding hydrogens is 396 g/mol. The fraction of sp³-hybridized carbons (Fsp3) is 0.273. The topological polar surface area (TPSA) is 101 Å². The van der Waals surface area contributed by atoms with Crippen LogP contribution in [0.4, 0.5) is 21.9 Å². The van der Waals surface area contributed by atoms with Crippen molar-refractivity contribution in [1.29, 1.82) is 0 Å². The first-order valence-electron chi connectivity index (χ1n) is 10.2. The van der Waals surface area contributed by atoms with Crippen LogP contribution in [0.2, 0.25) is 0 Å². The molecule has 31 heavy (non-hydrogen) atoms. The van der Waals surface area contributed by atoms with Crippen LogP contribution in [0.15, 0.2) is 42.5 Å². The molecule has 2 N–H and O–H groups in total. The summed E-state index contributed by atoms with van der Waals surface area (Å²) in [6.45, 7) is 1.00. The number of fused-ring (bicyclic) bond motifs is 2. The number of anilines is 3. The van der Waals surface area contributed by atoms with E-state index in [-0.39, 0.29) is 18.5 Å². The zero-order valence-electron chi connectivity index (χ0n) is 17.1. The lowest BCUT2D eigenvalue weighted by Gasteiger charge is -2.26. The second-order valence-electron chi connectivity index (χ2n) is 7.66. The Kier molecular flexibility index (Phi) is 4.78. The predicted octanol–water partition coefficient (Wildman–Crippen LogP) is 2.81. The molecule has 0 saturated heterocycles. The van der Waals surface area contributed by atoms with E-state index in [4.69, 9.17) is 4.74 Å². The van der Waals surface area contributed by atoms with E-state index in [0.29, 0.717) is 29.2 Å². The van der Waals surface area contributed by atoms with Gasteiger partial charge in [0.15, 0.2) is 6.61 Å². The zero-order chi connectivity index (χ0) is 21.4. The molecule has 2 aliphatic rings. The molecule has 9 nitrogen and oxygen atoms in total. The van der Waals surface area contributed by atoms with Gasteiger partial charge in [0.05, 0.1) is 5.69 Å². The molecule has 3 amide bonds. The highest BCUT2D eigenvalue weighted by Crippen LogP contribution is 2.33. The van der Waals surface area contributed by atoms with Gasteiger partial charge >= 0.3 is 6.03 Å². The molecule has 2 aromatic carbocycles. The van der Waals surface area contributed by atoms with Crippen LogP contribution in [0.1, 0.15) is 23.6 Å². The van der Waals surface area contributed by atoms with Crippen molar-refractivity contribution in [1.82, 2.24) is 14.8 Å². The van der Waals surface area contributed by atoms with Crippen LogP contribution in [-0.4, -0.2) is 40.4 Å². The summed E-state index contributed by atoms with van der Waals surface area (Å²) in [5, 5.41) is 14.1. The van der Waals surface area contributed by atoms with Crippen LogP contribution < -0.4 is 20.3 Å². The van der Waals surface area contributed by atoms with Crippen molar-refractivity contribution in [3.8, 4) is 5.75 Å². The Bertz CT molecular complexity index is 1150. The Balaban J connectivity index is 1.21. The normalized spacial score (nSPS) is 14.6. The number of urea groups is 1. The molecule has 0 fully saturated rings. The SMILES string of the molecule is CN1C(=O)COc2ccc(NC(=O)Nc3ccc(Cc4nnc5n4CCC5)cc3)cc21. The smallest absolute Gasteiger partial charge is 0.323 e. The third-order valence-electron chi connectivity index (χ3n) is 5.56. The number of nitrogens with one attached hydrogen (secondary N) is 2. The van der Waals surface area contributed by atoms with E-state index < -0.39 is 0 Å². The summed E-state index contributed by atoms with van der Waals surface area (Å²) < 4.78 is 7.59. The first-order chi connectivity index (χ1) is 15.1. The third kappa shape index (κ3) is 3.81. The first-order valence-corrected chi connectivity index (χ1v) is 10.2. The number of nitrogens with zero attached hydrogens (tertiary/aromatic N) is 4. The number of benzene rings is 2. The summed E-state index contributed by atoms with van der Waals surface area (Å²) in [4.78, 5) is 25.7. The van der Waals surface area contributed by atoms with E-state index >= 15 is 0 Å². The lowest BCUT2D eigenvalue weighted by Crippen LogP contribution is -2.35. The van der Waals surface area contributed by atoms with Crippen LogP contribution in [0, 0.1) is 0 Å². The maximum Gasteiger partial charge on any atom is 0.323 e. The van der Waals surface area contributed by atoms with Gasteiger partial charge in [-0.1, -0.05) is 12.1 Å². The molecular formula is C22H22N6O3. The average Bonchev–Trinajstić information content (AvgIpc) is 3.38. The number of ether oxygens (including phenoxy) is 1. The molecule has 5 rings (SSSR count). The average molecular weight is 418 g/mol. The van der Waals surface area contributed by atoms with Crippen molar-refractivity contribution in [2.75, 3.05) is 29.2 Å². The lowest BCUT2D eigenvalue weighted by atomic mass is 10.1. The molecule has 0 atom stereocenters. The van der Waals surface area contributed by atoms with Crippen LogP contribution in [0.3, 0.4) is 0 Å². The highest BCUT2D eigenvalue weighted by molar-refractivity contribution is 6.02. The fourth-order valence-corrected chi connectivity index (χ4v) is 3.87. The van der Waals surface area contributed by atoms with E-state index in [0.717, 1.165) is 36.6 Å². The molecule has 0 saturated carbocycles. The van der Waals surface area contributed by atoms with Gasteiger partial charge in [0.1, 0.15) is 17.4 Å². The molecule has 1 aromatic heterocycles. The van der Waals surface area contributed by atoms with Crippen molar-refractivity contribution in [2.45, 2.75) is 25.8 Å². The van der Waals surface area contributed by atoms with E-state index in [1.54, 1.807) is 25.2 Å². The van der Waals surface area contributed by atoms with E-state index in [1.807, 2.05) is 24.3 Å². The zero-order valence-corrected chi connectivity index (χ0v) is 17.1. The quantitative estimate of drug-likeness (QED) is 0.679. The predicted molar refractivity (Wildman–Crippen MR) is 116 cm³/mol. The maximum atomic E-state index is 12.4. The number of rotatable bonds is 4. The molecule has 9 heteroatoms. The molecule has 0 aliphatic carbocycles. The standard InChI is InChI=1S/C22H22N6O3/c1-27-17-12-16(8-9-18(17)31-13-21(27)29)24-22(30)23-15-6-4-14(5-7-15)11-20-26-25-19-3-2-10-28(19)20/h4-9,12H,2-3,10-11,13H2,1H3,(H2,23,24,30). The highest BCUT2D eigenvalue weighted by atomic mass is 16.5. The van der Waals surface area contributed by atoms with E-state index in [1.165, 1.54) is 4.90 Å². The van der Waals surface area contributed by atoms with Crippen LogP contribution >= 0.6 is 0 Å². The second kappa shape index (κ2) is 7.75. The van der Waals surface area contributed by atoms with Gasteiger partial charge in [0, 0.05) is 37.8 Å². The number of amides is 3. The minimum Gasteiger partial charge on any atom is -0.482 e. The minimum absolute atomic E-state index is 0.0202. The summed E-state index contributed by atoms with van der Waals surface area (Å²) in [5.74, 6) is 2.52. The molecule has 0 radical (unpaired) electrons. The van der Waals surface area contributed by atoms with E-state index in [2.05, 4.69) is 25.4 Å². The number of likely N-dealkylation sites (N-methyl/N-ethyl adjacent to an activating group) is 1. The van der Waals surface area contributed by atoms with Crippen molar-refractivity contribution < 1.29 is 14.3 Å². The summed E-state index contributed by atoms with van der Waals surface area (Å²) in [7, 11) is 1.68. The number of carbonyl (C=O) groups is 2. The summed E-state index contributed by atoms with van der Waals surface area (Å²) in [5.41, 5.74) is 2.98. The van der Waals surface area contributed by atoms with Crippen molar-refractivity contribution in [2.24, 2.45) is 0 Å². The van der Waals surface area contributed by atoms with Gasteiger partial charge in [-0.05, 0) is 42.3 Å². The Morgan fingerprint density at radius 3 is 2.71 bits per heavy atom. The Morgan fingerprint density at radius 1 is 1.10 bits per heavy atom. The minimum atomic E-state index is -0.367. The molecule has 0 bridgehead atoms. The van der Waals surface area contributed by atoms with Gasteiger partial charge in [-0.3, -0.25) is 4.79 Å². The summed E-state index contributed by atoms with van der Waals surface area (Å²) >= 11 is 0. The maximum absolute atomic E-state index is 12.4. The summed E-state index contributed by atoms with van der Waals surface area (Å²) in [6, 6.07) is 12.5. The second-order valence-corrected chi connectivity index (χ2v) is 7.66. The molecule has 0 spiro atoms. The number of carbonyl (C=O) groups excluding carboxylic acids is 2. The van der Waals surface area contributed by atoms with Crippen molar-refractivity contribution >= 4 is 29.0 Å². The van der Waals surface area contributed by atoms with Crippen molar-refractivity contribution in [3.63, 3.8) is 0 Å². The Labute approximate surface area is 179 Å². The Morgan fingerprint density at radius 2 is 1.87 bits per heavy atom. The van der Waals surface area contributed by atoms with Gasteiger partial charge in [0.2, 0.25) is 0 Å². The van der Waals surface area contributed by atoms with Gasteiger partial charge < -0.3 is 24.8 Å². The Hall–Kier alpha value is -3.88. The number of hydrogen-bond acceptors (Lipinski definition) is 5. The molecule has 3 aromatic rings. The number of aryl methyl sites for hydroxylation is 1. The number of aromatic nitrogens is 3. The van der Waals surface area contributed by atoms with Crippen LogP contribution in [0.25, 0.3) is 0 Å².